The number of rotatable bonds is 2. The number of ether oxygens (including phenoxy) is 1. The van der Waals surface area contributed by atoms with Crippen molar-refractivity contribution in [3.05, 3.63) is 28.8 Å². The predicted octanol–water partition coefficient (Wildman–Crippen LogP) is -0.886. The average Bonchev–Trinajstić information content (AvgIpc) is 2.70. The minimum atomic E-state index is -2.70. The van der Waals surface area contributed by atoms with Crippen molar-refractivity contribution >= 4 is 35.0 Å². The molecule has 1 aromatic carbocycles. The number of ketones is 4. The van der Waals surface area contributed by atoms with Crippen LogP contribution in [0.1, 0.15) is 39.1 Å². The molecule has 31 heavy (non-hydrogen) atoms. The zero-order valence-corrected chi connectivity index (χ0v) is 16.4. The van der Waals surface area contributed by atoms with Crippen LogP contribution < -0.4 is 5.73 Å². The van der Waals surface area contributed by atoms with E-state index in [1.54, 1.807) is 0 Å². The summed E-state index contributed by atoms with van der Waals surface area (Å²) in [4.78, 5) is 75.3. The monoisotopic (exact) mass is 429 g/mol. The Morgan fingerprint density at radius 2 is 1.81 bits per heavy atom. The van der Waals surface area contributed by atoms with Gasteiger partial charge in [-0.25, -0.2) is 4.79 Å². The number of aromatic hydroxyl groups is 1. The van der Waals surface area contributed by atoms with Crippen molar-refractivity contribution in [3.63, 3.8) is 0 Å². The van der Waals surface area contributed by atoms with Crippen LogP contribution in [0.2, 0.25) is 0 Å². The molecule has 1 amide bonds. The van der Waals surface area contributed by atoms with E-state index in [0.29, 0.717) is 0 Å². The molecule has 0 aromatic heterocycles. The van der Waals surface area contributed by atoms with Crippen molar-refractivity contribution in [3.8, 4) is 5.75 Å². The fourth-order valence-electron chi connectivity index (χ4n) is 5.27. The Bertz CT molecular complexity index is 1090. The van der Waals surface area contributed by atoms with Gasteiger partial charge in [0.1, 0.15) is 5.75 Å². The number of Topliss-reactive ketones (excluding diaryl/α,β-unsaturated/α-hetero) is 4. The van der Waals surface area contributed by atoms with Crippen molar-refractivity contribution < 1.29 is 43.7 Å². The predicted molar refractivity (Wildman–Crippen MR) is 99.8 cm³/mol. The first-order chi connectivity index (χ1) is 14.5. The Balaban J connectivity index is 1.83. The molecule has 5 atom stereocenters. The van der Waals surface area contributed by atoms with Crippen molar-refractivity contribution in [2.24, 2.45) is 29.4 Å². The number of methoxy groups -OCH3 is 1. The maximum atomic E-state index is 13.3. The fourth-order valence-corrected chi connectivity index (χ4v) is 5.27. The maximum Gasteiger partial charge on any atom is 0.338 e. The van der Waals surface area contributed by atoms with Gasteiger partial charge in [0, 0.05) is 12.3 Å². The van der Waals surface area contributed by atoms with Gasteiger partial charge in [-0.15, -0.1) is 0 Å². The number of benzene rings is 1. The van der Waals surface area contributed by atoms with Crippen molar-refractivity contribution in [2.75, 3.05) is 7.11 Å². The van der Waals surface area contributed by atoms with Crippen molar-refractivity contribution in [2.45, 2.75) is 24.9 Å². The van der Waals surface area contributed by atoms with Crippen LogP contribution in [0.5, 0.6) is 5.75 Å². The summed E-state index contributed by atoms with van der Waals surface area (Å²) in [5, 5.41) is 21.3. The highest BCUT2D eigenvalue weighted by Gasteiger charge is 2.66. The third-order valence-corrected chi connectivity index (χ3v) is 6.69. The summed E-state index contributed by atoms with van der Waals surface area (Å²) in [6.07, 6.45) is -0.447. The number of phenolic OH excluding ortho intramolecular Hbond substituents is 1. The van der Waals surface area contributed by atoms with E-state index in [9.17, 15) is 39.0 Å². The van der Waals surface area contributed by atoms with Crippen LogP contribution in [0.4, 0.5) is 0 Å². The second kappa shape index (κ2) is 6.81. The molecule has 1 aromatic rings. The number of carbonyl (C=O) groups excluding carboxylic acids is 6. The quantitative estimate of drug-likeness (QED) is 0.397. The molecule has 4 N–H and O–H groups in total. The van der Waals surface area contributed by atoms with E-state index in [1.165, 1.54) is 6.07 Å². The molecule has 2 fully saturated rings. The fraction of sp³-hybridized carbons (Fsp3) is 0.429. The van der Waals surface area contributed by atoms with Crippen LogP contribution in [0, 0.1) is 23.7 Å². The number of primary amides is 1. The van der Waals surface area contributed by atoms with Crippen molar-refractivity contribution in [1.82, 2.24) is 0 Å². The Labute approximate surface area is 175 Å². The van der Waals surface area contributed by atoms with Crippen LogP contribution >= 0.6 is 0 Å². The number of amides is 1. The molecule has 10 heteroatoms. The third-order valence-electron chi connectivity index (χ3n) is 6.69. The minimum Gasteiger partial charge on any atom is -0.507 e. The molecule has 0 radical (unpaired) electrons. The van der Waals surface area contributed by atoms with Gasteiger partial charge in [-0.05, 0) is 36.5 Å². The highest BCUT2D eigenvalue weighted by molar-refractivity contribution is 6.31. The van der Waals surface area contributed by atoms with Gasteiger partial charge in [0.15, 0.2) is 34.7 Å². The second-order valence-electron chi connectivity index (χ2n) is 8.22. The smallest absolute Gasteiger partial charge is 0.338 e. The van der Waals surface area contributed by atoms with E-state index >= 15 is 0 Å². The Kier molecular flexibility index (Phi) is 4.58. The number of nitrogens with two attached hydrogens (primary N) is 1. The van der Waals surface area contributed by atoms with Crippen LogP contribution in [-0.4, -0.2) is 57.9 Å². The maximum absolute atomic E-state index is 13.3. The molecule has 2 saturated carbocycles. The van der Waals surface area contributed by atoms with E-state index < -0.39 is 76.5 Å². The van der Waals surface area contributed by atoms with Gasteiger partial charge in [0.05, 0.1) is 24.2 Å². The van der Waals surface area contributed by atoms with E-state index in [0.717, 1.165) is 13.2 Å². The van der Waals surface area contributed by atoms with Gasteiger partial charge in [-0.1, -0.05) is 0 Å². The standard InChI is InChI=1S/C21H19NO9/c1-31-20(29)9-2-3-11(23)14-10(9)5-7-4-8-6-12(24)15(19(22)28)18(27)21(8,30)17(26)13(7)16(14)25/h2-3,7-8,13,15,23,30H,4-6H2,1H3,(H2,22,28)/t7-,8+,13?,15?,21+/m1/s1. The highest BCUT2D eigenvalue weighted by Crippen LogP contribution is 2.50. The van der Waals surface area contributed by atoms with E-state index in [4.69, 9.17) is 10.5 Å². The summed E-state index contributed by atoms with van der Waals surface area (Å²) >= 11 is 0. The summed E-state index contributed by atoms with van der Waals surface area (Å²) in [6, 6.07) is 2.43. The summed E-state index contributed by atoms with van der Waals surface area (Å²) in [5.41, 5.74) is 2.45. The summed E-state index contributed by atoms with van der Waals surface area (Å²) in [6.45, 7) is 0. The van der Waals surface area contributed by atoms with Gasteiger partial charge in [0.2, 0.25) is 5.91 Å². The zero-order valence-electron chi connectivity index (χ0n) is 16.4. The number of phenols is 1. The minimum absolute atomic E-state index is 0.0184. The number of carbonyl (C=O) groups is 6. The molecule has 0 heterocycles. The zero-order chi connectivity index (χ0) is 22.8. The lowest BCUT2D eigenvalue weighted by molar-refractivity contribution is -0.175. The van der Waals surface area contributed by atoms with E-state index in [1.807, 2.05) is 0 Å². The lowest BCUT2D eigenvalue weighted by atomic mass is 9.53. The molecule has 3 aliphatic carbocycles. The average molecular weight is 429 g/mol. The lowest BCUT2D eigenvalue weighted by Gasteiger charge is -2.48. The second-order valence-corrected chi connectivity index (χ2v) is 8.22. The van der Waals surface area contributed by atoms with Gasteiger partial charge < -0.3 is 20.7 Å². The topological polar surface area (TPSA) is 178 Å². The summed E-state index contributed by atoms with van der Waals surface area (Å²) < 4.78 is 4.73. The van der Waals surface area contributed by atoms with E-state index in [-0.39, 0.29) is 29.5 Å². The first kappa shape index (κ1) is 20.9. The number of fused-ring (bicyclic) bond motifs is 3. The van der Waals surface area contributed by atoms with Crippen LogP contribution in [0.25, 0.3) is 0 Å². The van der Waals surface area contributed by atoms with Gasteiger partial charge >= 0.3 is 5.97 Å². The highest BCUT2D eigenvalue weighted by atomic mass is 16.5. The first-order valence-corrected chi connectivity index (χ1v) is 9.64. The molecule has 0 bridgehead atoms. The van der Waals surface area contributed by atoms with Crippen LogP contribution in [0.15, 0.2) is 12.1 Å². The Morgan fingerprint density at radius 1 is 1.13 bits per heavy atom. The molecular formula is C21H19NO9. The molecule has 4 rings (SSSR count). The van der Waals surface area contributed by atoms with Crippen molar-refractivity contribution in [1.29, 1.82) is 0 Å². The van der Waals surface area contributed by atoms with E-state index in [2.05, 4.69) is 0 Å². The Morgan fingerprint density at radius 3 is 2.42 bits per heavy atom. The molecular weight excluding hydrogens is 410 g/mol. The number of aliphatic hydroxyl groups is 1. The molecule has 2 unspecified atom stereocenters. The number of hydrogen-bond donors (Lipinski definition) is 3. The molecule has 0 aliphatic heterocycles. The van der Waals surface area contributed by atoms with Gasteiger partial charge in [-0.3, -0.25) is 24.0 Å². The summed E-state index contributed by atoms with van der Waals surface area (Å²) in [7, 11) is 1.16. The van der Waals surface area contributed by atoms with Crippen LogP contribution in [-0.2, 0) is 30.3 Å². The first-order valence-electron chi connectivity index (χ1n) is 9.64. The molecule has 0 saturated heterocycles. The largest absolute Gasteiger partial charge is 0.507 e. The SMILES string of the molecule is COC(=O)c1ccc(O)c2c1C[C@H]1C[C@H]3CC(=O)C(C(N)=O)C(=O)[C@@]3(O)C(=O)C1C2=O. The van der Waals surface area contributed by atoms with Crippen LogP contribution in [0.3, 0.4) is 0 Å². The summed E-state index contributed by atoms with van der Waals surface area (Å²) in [5.74, 6) is -11.8. The molecule has 10 nitrogen and oxygen atoms in total. The molecule has 3 aliphatic rings. The molecule has 0 spiro atoms. The Hall–Kier alpha value is -3.40. The third kappa shape index (κ3) is 2.67. The van der Waals surface area contributed by atoms with Gasteiger partial charge in [0.25, 0.3) is 0 Å². The van der Waals surface area contributed by atoms with Gasteiger partial charge in [-0.2, -0.15) is 0 Å². The number of hydrogen-bond acceptors (Lipinski definition) is 9. The molecule has 162 valence electrons. The normalized spacial score (nSPS) is 32.1. The lowest BCUT2D eigenvalue weighted by Crippen LogP contribution is -2.68. The number of esters is 1.